The molecule has 104 valence electrons. The van der Waals surface area contributed by atoms with Crippen LogP contribution >= 0.6 is 11.6 Å². The summed E-state index contributed by atoms with van der Waals surface area (Å²) in [5.74, 6) is 0.266. The van der Waals surface area contributed by atoms with E-state index in [1.807, 2.05) is 37.3 Å². The average Bonchev–Trinajstić information content (AvgIpc) is 2.47. The van der Waals surface area contributed by atoms with Gasteiger partial charge in [-0.15, -0.1) is 11.6 Å². The number of carbonyl (C=O) groups is 1. The predicted octanol–water partition coefficient (Wildman–Crippen LogP) is 2.97. The lowest BCUT2D eigenvalue weighted by atomic mass is 10.1. The van der Waals surface area contributed by atoms with Crippen molar-refractivity contribution in [2.75, 3.05) is 5.88 Å². The smallest absolute Gasteiger partial charge is 0.251 e. The highest BCUT2D eigenvalue weighted by atomic mass is 35.5. The molecule has 1 atom stereocenters. The number of pyridine rings is 1. The number of rotatable bonds is 5. The Morgan fingerprint density at radius 1 is 1.30 bits per heavy atom. The summed E-state index contributed by atoms with van der Waals surface area (Å²) in [5.41, 5.74) is 2.59. The van der Waals surface area contributed by atoms with Crippen molar-refractivity contribution in [3.63, 3.8) is 0 Å². The first-order valence-electron chi connectivity index (χ1n) is 6.52. The van der Waals surface area contributed by atoms with Gasteiger partial charge in [0.15, 0.2) is 0 Å². The third kappa shape index (κ3) is 4.07. The first-order chi connectivity index (χ1) is 9.69. The zero-order chi connectivity index (χ0) is 14.4. The van der Waals surface area contributed by atoms with Crippen molar-refractivity contribution in [1.29, 1.82) is 0 Å². The Bertz CT molecular complexity index is 572. The van der Waals surface area contributed by atoms with Gasteiger partial charge in [-0.25, -0.2) is 0 Å². The Labute approximate surface area is 124 Å². The molecule has 2 rings (SSSR count). The summed E-state index contributed by atoms with van der Waals surface area (Å²) < 4.78 is 0. The third-order valence-corrected chi connectivity index (χ3v) is 3.38. The molecular formula is C16H17ClN2O. The summed E-state index contributed by atoms with van der Waals surface area (Å²) in [4.78, 5) is 16.2. The van der Waals surface area contributed by atoms with Gasteiger partial charge in [0.1, 0.15) is 0 Å². The number of nitrogens with zero attached hydrogens (tertiary/aromatic N) is 1. The van der Waals surface area contributed by atoms with Gasteiger partial charge in [0.25, 0.3) is 5.91 Å². The molecule has 2 aromatic rings. The maximum Gasteiger partial charge on any atom is 0.251 e. The van der Waals surface area contributed by atoms with Gasteiger partial charge in [-0.2, -0.15) is 0 Å². The maximum atomic E-state index is 12.2. The molecule has 0 spiro atoms. The minimum Gasteiger partial charge on any atom is -0.348 e. The molecule has 0 aliphatic heterocycles. The monoisotopic (exact) mass is 288 g/mol. The molecule has 0 fully saturated rings. The molecule has 1 heterocycles. The highest BCUT2D eigenvalue weighted by Gasteiger charge is 2.13. The maximum absolute atomic E-state index is 12.2. The minimum absolute atomic E-state index is 0.0833. The van der Waals surface area contributed by atoms with Crippen molar-refractivity contribution in [3.05, 3.63) is 65.5 Å². The number of aryl methyl sites for hydroxylation is 1. The van der Waals surface area contributed by atoms with Crippen LogP contribution in [0.1, 0.15) is 21.6 Å². The van der Waals surface area contributed by atoms with E-state index in [2.05, 4.69) is 10.3 Å². The van der Waals surface area contributed by atoms with E-state index in [0.29, 0.717) is 11.4 Å². The van der Waals surface area contributed by atoms with Crippen LogP contribution in [0, 0.1) is 6.92 Å². The molecule has 0 aliphatic rings. The Hall–Kier alpha value is -1.87. The van der Waals surface area contributed by atoms with Gasteiger partial charge >= 0.3 is 0 Å². The number of alkyl halides is 1. The molecule has 0 aliphatic carbocycles. The highest BCUT2D eigenvalue weighted by Crippen LogP contribution is 2.07. The molecule has 0 bridgehead atoms. The highest BCUT2D eigenvalue weighted by molar-refractivity contribution is 6.18. The number of aromatic nitrogens is 1. The van der Waals surface area contributed by atoms with Gasteiger partial charge in [-0.05, 0) is 31.0 Å². The van der Waals surface area contributed by atoms with Gasteiger partial charge in [0.05, 0.1) is 0 Å². The van der Waals surface area contributed by atoms with Crippen LogP contribution in [-0.2, 0) is 6.42 Å². The van der Waals surface area contributed by atoms with Gasteiger partial charge in [0, 0.05) is 29.4 Å². The van der Waals surface area contributed by atoms with E-state index in [0.717, 1.165) is 17.7 Å². The molecule has 3 nitrogen and oxygen atoms in total. The number of halogens is 1. The van der Waals surface area contributed by atoms with Crippen molar-refractivity contribution in [2.45, 2.75) is 19.4 Å². The van der Waals surface area contributed by atoms with Gasteiger partial charge in [-0.3, -0.25) is 9.78 Å². The fourth-order valence-electron chi connectivity index (χ4n) is 2.00. The summed E-state index contributed by atoms with van der Waals surface area (Å²) in [6.07, 6.45) is 2.36. The van der Waals surface area contributed by atoms with E-state index in [1.165, 1.54) is 0 Å². The lowest BCUT2D eigenvalue weighted by Crippen LogP contribution is -2.37. The van der Waals surface area contributed by atoms with Crippen LogP contribution in [0.25, 0.3) is 0 Å². The fraction of sp³-hybridized carbons (Fsp3) is 0.250. The van der Waals surface area contributed by atoms with Crippen molar-refractivity contribution >= 4 is 17.5 Å². The molecule has 20 heavy (non-hydrogen) atoms. The van der Waals surface area contributed by atoms with Crippen LogP contribution in [0.5, 0.6) is 0 Å². The summed E-state index contributed by atoms with van der Waals surface area (Å²) in [5, 5.41) is 2.96. The Morgan fingerprint density at radius 3 is 2.70 bits per heavy atom. The lowest BCUT2D eigenvalue weighted by molar-refractivity contribution is 0.0940. The van der Waals surface area contributed by atoms with E-state index in [9.17, 15) is 4.79 Å². The number of hydrogen-bond donors (Lipinski definition) is 1. The van der Waals surface area contributed by atoms with Crippen molar-refractivity contribution in [2.24, 2.45) is 0 Å². The summed E-state index contributed by atoms with van der Waals surface area (Å²) >= 11 is 5.95. The zero-order valence-corrected chi connectivity index (χ0v) is 12.1. The predicted molar refractivity (Wildman–Crippen MR) is 81.1 cm³/mol. The number of amides is 1. The van der Waals surface area contributed by atoms with E-state index < -0.39 is 0 Å². The summed E-state index contributed by atoms with van der Waals surface area (Å²) in [6, 6.07) is 13.4. The Kier molecular flexibility index (Phi) is 5.13. The quantitative estimate of drug-likeness (QED) is 0.860. The SMILES string of the molecule is Cc1cc(C(=O)NC(CCl)Cc2ccccc2)ccn1. The second-order valence-corrected chi connectivity index (χ2v) is 5.01. The van der Waals surface area contributed by atoms with Crippen molar-refractivity contribution in [3.8, 4) is 0 Å². The first kappa shape index (κ1) is 14.5. The molecule has 0 saturated heterocycles. The van der Waals surface area contributed by atoms with Gasteiger partial charge in [-0.1, -0.05) is 30.3 Å². The molecule has 4 heteroatoms. The summed E-state index contributed by atoms with van der Waals surface area (Å²) in [7, 11) is 0. The topological polar surface area (TPSA) is 42.0 Å². The first-order valence-corrected chi connectivity index (χ1v) is 7.06. The van der Waals surface area contributed by atoms with Crippen LogP contribution in [0.2, 0.25) is 0 Å². The normalized spacial score (nSPS) is 11.9. The molecular weight excluding hydrogens is 272 g/mol. The molecule has 0 radical (unpaired) electrons. The van der Waals surface area contributed by atoms with Gasteiger partial charge in [0.2, 0.25) is 0 Å². The second-order valence-electron chi connectivity index (χ2n) is 4.70. The number of hydrogen-bond acceptors (Lipinski definition) is 2. The Balaban J connectivity index is 2.01. The second kappa shape index (κ2) is 7.06. The van der Waals surface area contributed by atoms with E-state index in [4.69, 9.17) is 11.6 Å². The van der Waals surface area contributed by atoms with Gasteiger partial charge < -0.3 is 5.32 Å². The molecule has 1 aromatic heterocycles. The number of carbonyl (C=O) groups excluding carboxylic acids is 1. The molecule has 0 saturated carbocycles. The molecule has 1 N–H and O–H groups in total. The Morgan fingerprint density at radius 2 is 2.05 bits per heavy atom. The number of nitrogens with one attached hydrogen (secondary N) is 1. The molecule has 1 amide bonds. The van der Waals surface area contributed by atoms with E-state index in [-0.39, 0.29) is 11.9 Å². The van der Waals surface area contributed by atoms with Crippen LogP contribution < -0.4 is 5.32 Å². The van der Waals surface area contributed by atoms with Crippen molar-refractivity contribution in [1.82, 2.24) is 10.3 Å². The standard InChI is InChI=1S/C16H17ClN2O/c1-12-9-14(7-8-18-12)16(20)19-15(11-17)10-13-5-3-2-4-6-13/h2-9,15H,10-11H2,1H3,(H,19,20). The largest absolute Gasteiger partial charge is 0.348 e. The fourth-order valence-corrected chi connectivity index (χ4v) is 2.18. The van der Waals surface area contributed by atoms with Crippen LogP contribution in [0.15, 0.2) is 48.7 Å². The van der Waals surface area contributed by atoms with Crippen molar-refractivity contribution < 1.29 is 4.79 Å². The number of benzene rings is 1. The average molecular weight is 289 g/mol. The van der Waals surface area contributed by atoms with E-state index >= 15 is 0 Å². The van der Waals surface area contributed by atoms with Crippen LogP contribution in [-0.4, -0.2) is 22.8 Å². The van der Waals surface area contributed by atoms with E-state index in [1.54, 1.807) is 18.3 Å². The lowest BCUT2D eigenvalue weighted by Gasteiger charge is -2.16. The van der Waals surface area contributed by atoms with Crippen LogP contribution in [0.4, 0.5) is 0 Å². The third-order valence-electron chi connectivity index (χ3n) is 3.01. The molecule has 1 aromatic carbocycles. The summed E-state index contributed by atoms with van der Waals surface area (Å²) in [6.45, 7) is 1.86. The minimum atomic E-state index is -0.114. The molecule has 1 unspecified atom stereocenters. The van der Waals surface area contributed by atoms with Crippen LogP contribution in [0.3, 0.4) is 0 Å². The zero-order valence-electron chi connectivity index (χ0n) is 11.3.